The van der Waals surface area contributed by atoms with Crippen LogP contribution in [0.25, 0.3) is 11.0 Å². The number of nitrogens with zero attached hydrogens (tertiary/aromatic N) is 2. The molecule has 2 N–H and O–H groups in total. The Bertz CT molecular complexity index is 622. The first-order valence-corrected chi connectivity index (χ1v) is 6.79. The molecule has 1 atom stereocenters. The summed E-state index contributed by atoms with van der Waals surface area (Å²) in [4.78, 5) is 4.17. The van der Waals surface area contributed by atoms with Crippen molar-refractivity contribution in [2.75, 3.05) is 12.3 Å². The molecule has 0 aliphatic carbocycles. The lowest BCUT2D eigenvalue weighted by Gasteiger charge is -2.17. The van der Waals surface area contributed by atoms with Gasteiger partial charge in [-0.15, -0.1) is 0 Å². The highest BCUT2D eigenvalue weighted by Crippen LogP contribution is 2.34. The third kappa shape index (κ3) is 3.40. The van der Waals surface area contributed by atoms with E-state index in [1.54, 1.807) is 18.2 Å². The van der Waals surface area contributed by atoms with Crippen molar-refractivity contribution in [1.82, 2.24) is 9.55 Å². The van der Waals surface area contributed by atoms with Crippen LogP contribution >= 0.6 is 0 Å². The molecule has 0 fully saturated rings. The van der Waals surface area contributed by atoms with Gasteiger partial charge in [0.05, 0.1) is 18.5 Å². The van der Waals surface area contributed by atoms with Crippen LogP contribution in [0.4, 0.5) is 19.1 Å². The molecular formula is C14H18F3N3O. The van der Waals surface area contributed by atoms with Crippen LogP contribution in [-0.4, -0.2) is 22.3 Å². The summed E-state index contributed by atoms with van der Waals surface area (Å²) in [6, 6.07) is 4.34. The van der Waals surface area contributed by atoms with E-state index in [0.717, 1.165) is 6.42 Å². The number of hydrogen-bond donors (Lipinski definition) is 1. The van der Waals surface area contributed by atoms with Gasteiger partial charge in [0, 0.05) is 6.04 Å². The van der Waals surface area contributed by atoms with Crippen molar-refractivity contribution in [1.29, 1.82) is 0 Å². The summed E-state index contributed by atoms with van der Waals surface area (Å²) in [5.41, 5.74) is 6.85. The van der Waals surface area contributed by atoms with Crippen molar-refractivity contribution < 1.29 is 17.9 Å². The topological polar surface area (TPSA) is 53.1 Å². The largest absolute Gasteiger partial charge is 0.491 e. The van der Waals surface area contributed by atoms with Gasteiger partial charge in [-0.3, -0.25) is 0 Å². The molecule has 2 aromatic rings. The maximum absolute atomic E-state index is 12.6. The van der Waals surface area contributed by atoms with Gasteiger partial charge in [-0.25, -0.2) is 4.98 Å². The van der Waals surface area contributed by atoms with Gasteiger partial charge in [-0.2, -0.15) is 13.2 Å². The van der Waals surface area contributed by atoms with Gasteiger partial charge >= 0.3 is 6.18 Å². The molecule has 116 valence electrons. The summed E-state index contributed by atoms with van der Waals surface area (Å²) >= 11 is 0. The Labute approximate surface area is 120 Å². The smallest absolute Gasteiger partial charge is 0.391 e. The van der Waals surface area contributed by atoms with Crippen LogP contribution in [0.2, 0.25) is 0 Å². The number of hydrogen-bond acceptors (Lipinski definition) is 3. The third-order valence-corrected chi connectivity index (χ3v) is 3.14. The van der Waals surface area contributed by atoms with E-state index < -0.39 is 18.6 Å². The Morgan fingerprint density at radius 2 is 2.10 bits per heavy atom. The number of halogens is 3. The zero-order valence-electron chi connectivity index (χ0n) is 11.9. The Balaban J connectivity index is 2.43. The van der Waals surface area contributed by atoms with Crippen LogP contribution in [0.3, 0.4) is 0 Å². The van der Waals surface area contributed by atoms with E-state index in [4.69, 9.17) is 10.5 Å². The number of ether oxygens (including phenoxy) is 1. The Morgan fingerprint density at radius 3 is 2.71 bits per heavy atom. The summed E-state index contributed by atoms with van der Waals surface area (Å²) in [6.45, 7) is 3.97. The van der Waals surface area contributed by atoms with Crippen molar-refractivity contribution in [3.63, 3.8) is 0 Å². The van der Waals surface area contributed by atoms with Crippen LogP contribution in [0, 0.1) is 0 Å². The second kappa shape index (κ2) is 5.83. The first kappa shape index (κ1) is 15.5. The monoisotopic (exact) mass is 301 g/mol. The molecule has 1 heterocycles. The van der Waals surface area contributed by atoms with Crippen molar-refractivity contribution in [3.05, 3.63) is 18.2 Å². The zero-order valence-corrected chi connectivity index (χ0v) is 11.9. The van der Waals surface area contributed by atoms with Crippen molar-refractivity contribution in [3.8, 4) is 5.75 Å². The maximum atomic E-state index is 12.6. The number of imidazole rings is 1. The number of benzene rings is 1. The van der Waals surface area contributed by atoms with Gasteiger partial charge in [0.25, 0.3) is 0 Å². The molecule has 0 bridgehead atoms. The van der Waals surface area contributed by atoms with E-state index in [0.29, 0.717) is 23.4 Å². The van der Waals surface area contributed by atoms with E-state index in [9.17, 15) is 13.2 Å². The maximum Gasteiger partial charge on any atom is 0.391 e. The number of fused-ring (bicyclic) bond motifs is 1. The average molecular weight is 301 g/mol. The molecule has 4 nitrogen and oxygen atoms in total. The van der Waals surface area contributed by atoms with Crippen LogP contribution in [0.5, 0.6) is 5.75 Å². The zero-order chi connectivity index (χ0) is 15.6. The molecule has 1 aromatic heterocycles. The minimum atomic E-state index is -4.25. The van der Waals surface area contributed by atoms with Crippen molar-refractivity contribution >= 4 is 17.0 Å². The molecule has 0 aliphatic rings. The molecule has 1 aromatic carbocycles. The number of para-hydroxylation sites is 1. The predicted octanol–water partition coefficient (Wildman–Crippen LogP) is 3.92. The van der Waals surface area contributed by atoms with Crippen LogP contribution in [0.1, 0.15) is 32.7 Å². The number of rotatable bonds is 5. The second-order valence-corrected chi connectivity index (χ2v) is 4.98. The molecule has 0 spiro atoms. The number of nitrogen functional groups attached to an aromatic ring is 1. The summed E-state index contributed by atoms with van der Waals surface area (Å²) in [5.74, 6) is 0.605. The molecule has 0 radical (unpaired) electrons. The van der Waals surface area contributed by atoms with Gasteiger partial charge in [0.15, 0.2) is 0 Å². The Morgan fingerprint density at radius 1 is 1.38 bits per heavy atom. The first-order valence-electron chi connectivity index (χ1n) is 6.79. The van der Waals surface area contributed by atoms with Gasteiger partial charge in [-0.05, 0) is 25.5 Å². The second-order valence-electron chi connectivity index (χ2n) is 4.98. The van der Waals surface area contributed by atoms with Gasteiger partial charge in [0.2, 0.25) is 5.95 Å². The summed E-state index contributed by atoms with van der Waals surface area (Å²) in [7, 11) is 0. The molecule has 0 saturated carbocycles. The fourth-order valence-corrected chi connectivity index (χ4v) is 2.33. The van der Waals surface area contributed by atoms with E-state index in [2.05, 4.69) is 4.98 Å². The molecule has 1 unspecified atom stereocenters. The fraction of sp³-hybridized carbons (Fsp3) is 0.500. The minimum Gasteiger partial charge on any atom is -0.491 e. The molecule has 2 rings (SSSR count). The lowest BCUT2D eigenvalue weighted by atomic mass is 10.2. The Hall–Kier alpha value is -1.92. The van der Waals surface area contributed by atoms with E-state index in [1.807, 2.05) is 6.92 Å². The van der Waals surface area contributed by atoms with Gasteiger partial charge < -0.3 is 15.0 Å². The van der Waals surface area contributed by atoms with E-state index >= 15 is 0 Å². The minimum absolute atomic E-state index is 0.0642. The normalized spacial score (nSPS) is 13.6. The molecule has 0 amide bonds. The molecule has 7 heteroatoms. The number of alkyl halides is 3. The lowest BCUT2D eigenvalue weighted by Crippen LogP contribution is -2.17. The van der Waals surface area contributed by atoms with Crippen LogP contribution < -0.4 is 10.5 Å². The quantitative estimate of drug-likeness (QED) is 0.910. The average Bonchev–Trinajstić information content (AvgIpc) is 2.70. The number of nitrogens with two attached hydrogens (primary N) is 1. The highest BCUT2D eigenvalue weighted by Gasteiger charge is 2.32. The number of anilines is 1. The van der Waals surface area contributed by atoms with Crippen LogP contribution in [0.15, 0.2) is 18.2 Å². The SMILES string of the molecule is CCCOc1cccc2c1nc(N)n2C(C)CC(F)(F)F. The van der Waals surface area contributed by atoms with E-state index in [-0.39, 0.29) is 5.95 Å². The van der Waals surface area contributed by atoms with Gasteiger partial charge in [-0.1, -0.05) is 13.0 Å². The highest BCUT2D eigenvalue weighted by atomic mass is 19.4. The standard InChI is InChI=1S/C14H18F3N3O/c1-3-7-21-11-6-4-5-10-12(11)19-13(18)20(10)9(2)8-14(15,16)17/h4-6,9H,3,7-8H2,1-2H3,(H2,18,19). The molecule has 21 heavy (non-hydrogen) atoms. The molecule has 0 saturated heterocycles. The van der Waals surface area contributed by atoms with Crippen LogP contribution in [-0.2, 0) is 0 Å². The first-order chi connectivity index (χ1) is 9.83. The molecule has 0 aliphatic heterocycles. The number of aromatic nitrogens is 2. The predicted molar refractivity (Wildman–Crippen MR) is 75.3 cm³/mol. The Kier molecular flexibility index (Phi) is 4.29. The van der Waals surface area contributed by atoms with Crippen molar-refractivity contribution in [2.24, 2.45) is 0 Å². The molecular weight excluding hydrogens is 283 g/mol. The van der Waals surface area contributed by atoms with Gasteiger partial charge in [0.1, 0.15) is 11.3 Å². The summed E-state index contributed by atoms with van der Waals surface area (Å²) in [6.07, 6.45) is -4.38. The highest BCUT2D eigenvalue weighted by molar-refractivity contribution is 5.84. The van der Waals surface area contributed by atoms with E-state index in [1.165, 1.54) is 11.5 Å². The summed E-state index contributed by atoms with van der Waals surface area (Å²) in [5, 5.41) is 0. The van der Waals surface area contributed by atoms with Crippen molar-refractivity contribution in [2.45, 2.75) is 38.9 Å². The fourth-order valence-electron chi connectivity index (χ4n) is 2.33. The summed E-state index contributed by atoms with van der Waals surface area (Å²) < 4.78 is 44.7. The third-order valence-electron chi connectivity index (χ3n) is 3.14. The lowest BCUT2D eigenvalue weighted by molar-refractivity contribution is -0.141.